The fourth-order valence-corrected chi connectivity index (χ4v) is 3.49. The molecule has 0 amide bonds. The van der Waals surface area contributed by atoms with Gasteiger partial charge in [-0.3, -0.25) is 4.90 Å². The Hall–Kier alpha value is -0.120. The van der Waals surface area contributed by atoms with Crippen LogP contribution in [0.5, 0.6) is 0 Å². The van der Waals surface area contributed by atoms with Crippen molar-refractivity contribution in [1.82, 2.24) is 4.90 Å². The van der Waals surface area contributed by atoms with E-state index in [-0.39, 0.29) is 6.10 Å². The van der Waals surface area contributed by atoms with Crippen LogP contribution in [0.3, 0.4) is 0 Å². The standard InChI is InChI=1S/C15H29NO2/c1-3-14-11-18-12(2)9-16(14)10-15(17)8-13-6-4-5-7-13/h12-15,17H,3-11H2,1-2H3. The zero-order valence-electron chi connectivity index (χ0n) is 12.0. The summed E-state index contributed by atoms with van der Waals surface area (Å²) in [5, 5.41) is 10.3. The first-order chi connectivity index (χ1) is 8.69. The van der Waals surface area contributed by atoms with Crippen molar-refractivity contribution in [2.45, 2.75) is 70.6 Å². The van der Waals surface area contributed by atoms with Crippen LogP contribution >= 0.6 is 0 Å². The minimum atomic E-state index is -0.146. The second-order valence-corrected chi connectivity index (χ2v) is 6.20. The Labute approximate surface area is 112 Å². The van der Waals surface area contributed by atoms with E-state index in [4.69, 9.17) is 4.74 Å². The summed E-state index contributed by atoms with van der Waals surface area (Å²) in [6, 6.07) is 0.499. The van der Waals surface area contributed by atoms with Crippen LogP contribution in [0.2, 0.25) is 0 Å². The van der Waals surface area contributed by atoms with Crippen LogP contribution in [0.15, 0.2) is 0 Å². The minimum absolute atomic E-state index is 0.146. The molecule has 3 heteroatoms. The van der Waals surface area contributed by atoms with E-state index in [1.54, 1.807) is 0 Å². The lowest BCUT2D eigenvalue weighted by Crippen LogP contribution is -2.51. The van der Waals surface area contributed by atoms with E-state index in [9.17, 15) is 5.11 Å². The molecular formula is C15H29NO2. The van der Waals surface area contributed by atoms with E-state index < -0.39 is 0 Å². The minimum Gasteiger partial charge on any atom is -0.392 e. The smallest absolute Gasteiger partial charge is 0.0674 e. The van der Waals surface area contributed by atoms with Crippen LogP contribution in [-0.4, -0.2) is 48.0 Å². The molecule has 1 saturated heterocycles. The first kappa shape index (κ1) is 14.3. The maximum Gasteiger partial charge on any atom is 0.0674 e. The fourth-order valence-electron chi connectivity index (χ4n) is 3.49. The molecular weight excluding hydrogens is 226 g/mol. The van der Waals surface area contributed by atoms with Crippen LogP contribution in [0.25, 0.3) is 0 Å². The molecule has 0 bridgehead atoms. The van der Waals surface area contributed by atoms with Gasteiger partial charge in [0.15, 0.2) is 0 Å². The molecule has 106 valence electrons. The SMILES string of the molecule is CCC1COC(C)CN1CC(O)CC1CCCC1. The summed E-state index contributed by atoms with van der Waals surface area (Å²) in [6.45, 7) is 6.97. The molecule has 0 aromatic carbocycles. The Kier molecular flexibility index (Phi) is 5.46. The Morgan fingerprint density at radius 2 is 2.06 bits per heavy atom. The quantitative estimate of drug-likeness (QED) is 0.819. The van der Waals surface area contributed by atoms with E-state index in [0.29, 0.717) is 12.1 Å². The van der Waals surface area contributed by atoms with Crippen molar-refractivity contribution < 1.29 is 9.84 Å². The predicted molar refractivity (Wildman–Crippen MR) is 73.6 cm³/mol. The van der Waals surface area contributed by atoms with E-state index in [1.165, 1.54) is 25.7 Å². The third-order valence-electron chi connectivity index (χ3n) is 4.58. The van der Waals surface area contributed by atoms with Crippen molar-refractivity contribution >= 4 is 0 Å². The molecule has 3 nitrogen and oxygen atoms in total. The van der Waals surface area contributed by atoms with Gasteiger partial charge in [0.25, 0.3) is 0 Å². The lowest BCUT2D eigenvalue weighted by molar-refractivity contribution is -0.0694. The van der Waals surface area contributed by atoms with Crippen LogP contribution in [-0.2, 0) is 4.74 Å². The predicted octanol–water partition coefficient (Wildman–Crippen LogP) is 2.43. The molecule has 0 aromatic heterocycles. The van der Waals surface area contributed by atoms with Gasteiger partial charge in [-0.05, 0) is 25.7 Å². The second-order valence-electron chi connectivity index (χ2n) is 6.20. The molecule has 1 aliphatic carbocycles. The van der Waals surface area contributed by atoms with Gasteiger partial charge in [0.2, 0.25) is 0 Å². The maximum absolute atomic E-state index is 10.3. The summed E-state index contributed by atoms with van der Waals surface area (Å²) in [6.07, 6.45) is 7.67. The lowest BCUT2D eigenvalue weighted by Gasteiger charge is -2.39. The van der Waals surface area contributed by atoms with Crippen LogP contribution < -0.4 is 0 Å². The molecule has 3 unspecified atom stereocenters. The Morgan fingerprint density at radius 1 is 1.33 bits per heavy atom. The van der Waals surface area contributed by atoms with Crippen molar-refractivity contribution in [1.29, 1.82) is 0 Å². The molecule has 2 rings (SSSR count). The van der Waals surface area contributed by atoms with Crippen molar-refractivity contribution in [2.75, 3.05) is 19.7 Å². The molecule has 2 fully saturated rings. The van der Waals surface area contributed by atoms with Crippen LogP contribution in [0.1, 0.15) is 52.4 Å². The average molecular weight is 255 g/mol. The molecule has 3 atom stereocenters. The molecule has 1 aliphatic heterocycles. The Bertz CT molecular complexity index is 241. The number of morpholine rings is 1. The summed E-state index contributed by atoms with van der Waals surface area (Å²) in [7, 11) is 0. The normalized spacial score (nSPS) is 32.8. The number of nitrogens with zero attached hydrogens (tertiary/aromatic N) is 1. The molecule has 1 saturated carbocycles. The van der Waals surface area contributed by atoms with Gasteiger partial charge in [-0.1, -0.05) is 32.6 Å². The molecule has 2 aliphatic rings. The highest BCUT2D eigenvalue weighted by atomic mass is 16.5. The first-order valence-corrected chi connectivity index (χ1v) is 7.72. The van der Waals surface area contributed by atoms with Crippen molar-refractivity contribution in [2.24, 2.45) is 5.92 Å². The van der Waals surface area contributed by atoms with E-state index in [2.05, 4.69) is 18.7 Å². The zero-order valence-corrected chi connectivity index (χ0v) is 12.0. The molecule has 18 heavy (non-hydrogen) atoms. The number of hydrogen-bond donors (Lipinski definition) is 1. The maximum atomic E-state index is 10.3. The summed E-state index contributed by atoms with van der Waals surface area (Å²) in [5.41, 5.74) is 0. The molecule has 1 N–H and O–H groups in total. The van der Waals surface area contributed by atoms with Gasteiger partial charge >= 0.3 is 0 Å². The van der Waals surface area contributed by atoms with Crippen molar-refractivity contribution in [3.63, 3.8) is 0 Å². The lowest BCUT2D eigenvalue weighted by atomic mass is 9.99. The topological polar surface area (TPSA) is 32.7 Å². The molecule has 0 aromatic rings. The highest BCUT2D eigenvalue weighted by molar-refractivity contribution is 4.81. The second kappa shape index (κ2) is 6.88. The molecule has 0 spiro atoms. The number of hydrogen-bond acceptors (Lipinski definition) is 3. The van der Waals surface area contributed by atoms with Gasteiger partial charge in [0, 0.05) is 19.1 Å². The van der Waals surface area contributed by atoms with Gasteiger partial charge in [0.1, 0.15) is 0 Å². The monoisotopic (exact) mass is 255 g/mol. The van der Waals surface area contributed by atoms with Crippen LogP contribution in [0, 0.1) is 5.92 Å². The first-order valence-electron chi connectivity index (χ1n) is 7.72. The van der Waals surface area contributed by atoms with E-state index in [1.807, 2.05) is 0 Å². The van der Waals surface area contributed by atoms with E-state index >= 15 is 0 Å². The third kappa shape index (κ3) is 3.94. The van der Waals surface area contributed by atoms with Gasteiger partial charge in [0.05, 0.1) is 18.8 Å². The number of aliphatic hydroxyl groups is 1. The number of β-amino-alcohol motifs (C(OH)–C–C–N with tert-alkyl or cyclic N) is 1. The number of aliphatic hydroxyl groups excluding tert-OH is 1. The average Bonchev–Trinajstić information content (AvgIpc) is 2.82. The highest BCUT2D eigenvalue weighted by Gasteiger charge is 2.28. The largest absolute Gasteiger partial charge is 0.392 e. The third-order valence-corrected chi connectivity index (χ3v) is 4.58. The summed E-state index contributed by atoms with van der Waals surface area (Å²) in [4.78, 5) is 2.44. The van der Waals surface area contributed by atoms with Gasteiger partial charge < -0.3 is 9.84 Å². The molecule has 0 radical (unpaired) electrons. The van der Waals surface area contributed by atoms with Crippen LogP contribution in [0.4, 0.5) is 0 Å². The summed E-state index contributed by atoms with van der Waals surface area (Å²) >= 11 is 0. The highest BCUT2D eigenvalue weighted by Crippen LogP contribution is 2.29. The molecule has 1 heterocycles. The fraction of sp³-hybridized carbons (Fsp3) is 1.00. The van der Waals surface area contributed by atoms with Gasteiger partial charge in [-0.15, -0.1) is 0 Å². The van der Waals surface area contributed by atoms with Crippen molar-refractivity contribution in [3.05, 3.63) is 0 Å². The zero-order chi connectivity index (χ0) is 13.0. The van der Waals surface area contributed by atoms with Crippen molar-refractivity contribution in [3.8, 4) is 0 Å². The Balaban J connectivity index is 1.78. The van der Waals surface area contributed by atoms with Gasteiger partial charge in [-0.2, -0.15) is 0 Å². The summed E-state index contributed by atoms with van der Waals surface area (Å²) < 4.78 is 5.70. The Morgan fingerprint density at radius 3 is 2.72 bits per heavy atom. The summed E-state index contributed by atoms with van der Waals surface area (Å²) in [5.74, 6) is 0.776. The van der Waals surface area contributed by atoms with Gasteiger partial charge in [-0.25, -0.2) is 0 Å². The van der Waals surface area contributed by atoms with E-state index in [0.717, 1.165) is 38.5 Å². The number of ether oxygens (including phenoxy) is 1. The number of rotatable bonds is 5.